The number of hydrogen-bond donors (Lipinski definition) is 1. The molecular weight excluding hydrogens is 493 g/mol. The first-order valence-electron chi connectivity index (χ1n) is 10.5. The summed E-state index contributed by atoms with van der Waals surface area (Å²) in [5, 5.41) is 3.04. The molecule has 0 fully saturated rings. The van der Waals surface area contributed by atoms with E-state index in [9.17, 15) is 4.79 Å². The summed E-state index contributed by atoms with van der Waals surface area (Å²) in [6, 6.07) is 12.0. The van der Waals surface area contributed by atoms with Gasteiger partial charge < -0.3 is 17.9 Å². The van der Waals surface area contributed by atoms with Gasteiger partial charge in [-0.25, -0.2) is 0 Å². The minimum absolute atomic E-state index is 0.105. The van der Waals surface area contributed by atoms with Crippen LogP contribution in [0, 0.1) is 6.92 Å². The summed E-state index contributed by atoms with van der Waals surface area (Å²) in [7, 11) is 1.62. The predicted molar refractivity (Wildman–Crippen MR) is 129 cm³/mol. The second-order valence-corrected chi connectivity index (χ2v) is 7.86. The highest BCUT2D eigenvalue weighted by Gasteiger charge is 2.20. The fourth-order valence-corrected chi connectivity index (χ4v) is 3.44. The maximum Gasteiger partial charge on any atom is 0.251 e. The SMILES string of the molecule is CCCCCOc1c(OC)ccc(C(=O)NCCc2ccc(C)cc2)c1CCOI. The predicted octanol–water partition coefficient (Wildman–Crippen LogP) is 5.45. The molecule has 0 aliphatic heterocycles. The average molecular weight is 525 g/mol. The molecule has 30 heavy (non-hydrogen) atoms. The number of ether oxygens (including phenoxy) is 2. The number of unbranched alkanes of at least 4 members (excludes halogenated alkanes) is 2. The Balaban J connectivity index is 2.14. The normalized spacial score (nSPS) is 10.7. The van der Waals surface area contributed by atoms with Crippen molar-refractivity contribution < 1.29 is 17.3 Å². The molecule has 0 heterocycles. The Labute approximate surface area is 194 Å². The van der Waals surface area contributed by atoms with Crippen LogP contribution >= 0.6 is 23.0 Å². The van der Waals surface area contributed by atoms with E-state index in [4.69, 9.17) is 12.5 Å². The molecule has 0 atom stereocenters. The lowest BCUT2D eigenvalue weighted by atomic mass is 10.0. The van der Waals surface area contributed by atoms with Crippen molar-refractivity contribution >= 4 is 28.9 Å². The Morgan fingerprint density at radius 1 is 1.03 bits per heavy atom. The fourth-order valence-electron chi connectivity index (χ4n) is 3.22. The van der Waals surface area contributed by atoms with Gasteiger partial charge in [-0.2, -0.15) is 0 Å². The second-order valence-electron chi connectivity index (χ2n) is 7.23. The molecule has 2 aromatic carbocycles. The number of amides is 1. The Morgan fingerprint density at radius 2 is 1.80 bits per heavy atom. The summed E-state index contributed by atoms with van der Waals surface area (Å²) in [5.74, 6) is 1.19. The first-order valence-corrected chi connectivity index (χ1v) is 11.4. The molecule has 2 rings (SSSR count). The van der Waals surface area contributed by atoms with Crippen molar-refractivity contribution in [2.45, 2.75) is 46.0 Å². The Kier molecular flexibility index (Phi) is 11.0. The molecule has 0 radical (unpaired) electrons. The van der Waals surface area contributed by atoms with Gasteiger partial charge in [-0.05, 0) is 37.5 Å². The zero-order valence-electron chi connectivity index (χ0n) is 18.1. The zero-order valence-corrected chi connectivity index (χ0v) is 20.3. The summed E-state index contributed by atoms with van der Waals surface area (Å²) in [6.07, 6.45) is 4.56. The van der Waals surface area contributed by atoms with E-state index in [1.807, 2.05) is 29.1 Å². The van der Waals surface area contributed by atoms with Gasteiger partial charge in [0, 0.05) is 24.1 Å². The molecule has 0 aromatic heterocycles. The number of benzene rings is 2. The van der Waals surface area contributed by atoms with Gasteiger partial charge in [-0.3, -0.25) is 4.79 Å². The van der Waals surface area contributed by atoms with Crippen LogP contribution in [-0.2, 0) is 15.9 Å². The highest BCUT2D eigenvalue weighted by molar-refractivity contribution is 14.1. The third-order valence-corrected chi connectivity index (χ3v) is 5.37. The van der Waals surface area contributed by atoms with Crippen molar-refractivity contribution in [1.29, 1.82) is 0 Å². The van der Waals surface area contributed by atoms with E-state index >= 15 is 0 Å². The summed E-state index contributed by atoms with van der Waals surface area (Å²) in [6.45, 7) is 5.88. The van der Waals surface area contributed by atoms with Crippen LogP contribution in [0.5, 0.6) is 11.5 Å². The molecule has 0 aliphatic rings. The first kappa shape index (κ1) is 24.5. The maximum absolute atomic E-state index is 13.0. The van der Waals surface area contributed by atoms with E-state index in [-0.39, 0.29) is 5.91 Å². The lowest BCUT2D eigenvalue weighted by Gasteiger charge is -2.18. The lowest BCUT2D eigenvalue weighted by molar-refractivity contribution is 0.0952. The van der Waals surface area contributed by atoms with E-state index in [0.717, 1.165) is 31.2 Å². The van der Waals surface area contributed by atoms with Crippen LogP contribution in [0.3, 0.4) is 0 Å². The molecule has 0 saturated heterocycles. The van der Waals surface area contributed by atoms with E-state index in [2.05, 4.69) is 43.4 Å². The van der Waals surface area contributed by atoms with Gasteiger partial charge in [0.25, 0.3) is 5.91 Å². The molecule has 1 amide bonds. The minimum atomic E-state index is -0.105. The summed E-state index contributed by atoms with van der Waals surface area (Å²) in [4.78, 5) is 13.0. The monoisotopic (exact) mass is 525 g/mol. The third kappa shape index (κ3) is 7.47. The number of nitrogens with one attached hydrogen (secondary N) is 1. The molecular formula is C24H32INO4. The van der Waals surface area contributed by atoms with Crippen LogP contribution in [-0.4, -0.2) is 32.8 Å². The van der Waals surface area contributed by atoms with Crippen molar-refractivity contribution in [3.05, 3.63) is 58.7 Å². The van der Waals surface area contributed by atoms with Gasteiger partial charge >= 0.3 is 0 Å². The highest BCUT2D eigenvalue weighted by Crippen LogP contribution is 2.34. The van der Waals surface area contributed by atoms with Gasteiger partial charge in [0.05, 0.1) is 20.3 Å². The fraction of sp³-hybridized carbons (Fsp3) is 0.458. The molecule has 2 aromatic rings. The van der Waals surface area contributed by atoms with Crippen molar-refractivity contribution in [2.75, 3.05) is 26.9 Å². The van der Waals surface area contributed by atoms with Gasteiger partial charge in [0.15, 0.2) is 11.5 Å². The van der Waals surface area contributed by atoms with Crippen molar-refractivity contribution in [2.24, 2.45) is 0 Å². The number of halogens is 1. The topological polar surface area (TPSA) is 56.8 Å². The smallest absolute Gasteiger partial charge is 0.251 e. The minimum Gasteiger partial charge on any atom is -0.493 e. The zero-order chi connectivity index (χ0) is 21.8. The number of rotatable bonds is 13. The molecule has 6 heteroatoms. The Hall–Kier alpha value is -1.80. The molecule has 0 saturated carbocycles. The van der Waals surface area contributed by atoms with Crippen LogP contribution in [0.2, 0.25) is 0 Å². The average Bonchev–Trinajstić information content (AvgIpc) is 2.76. The molecule has 0 aliphatic carbocycles. The summed E-state index contributed by atoms with van der Waals surface area (Å²) in [5.41, 5.74) is 3.87. The van der Waals surface area contributed by atoms with Crippen LogP contribution in [0.4, 0.5) is 0 Å². The van der Waals surface area contributed by atoms with Crippen LogP contribution in [0.15, 0.2) is 36.4 Å². The maximum atomic E-state index is 13.0. The standard InChI is InChI=1S/C24H32INO4/c1-4-5-6-16-29-23-20(14-17-30-25)21(11-12-22(23)28-3)24(27)26-15-13-19-9-7-18(2)8-10-19/h7-12H,4-6,13-17H2,1-3H3,(H,26,27). The van der Waals surface area contributed by atoms with Crippen molar-refractivity contribution in [1.82, 2.24) is 5.32 Å². The van der Waals surface area contributed by atoms with Crippen molar-refractivity contribution in [3.8, 4) is 11.5 Å². The van der Waals surface area contributed by atoms with Crippen molar-refractivity contribution in [3.63, 3.8) is 0 Å². The lowest BCUT2D eigenvalue weighted by Crippen LogP contribution is -2.27. The van der Waals surface area contributed by atoms with Gasteiger partial charge in [-0.1, -0.05) is 49.6 Å². The Morgan fingerprint density at radius 3 is 2.47 bits per heavy atom. The second kappa shape index (κ2) is 13.5. The van der Waals surface area contributed by atoms with Crippen LogP contribution in [0.25, 0.3) is 0 Å². The number of hydrogen-bond acceptors (Lipinski definition) is 4. The largest absolute Gasteiger partial charge is 0.493 e. The van der Waals surface area contributed by atoms with E-state index in [1.54, 1.807) is 13.2 Å². The summed E-state index contributed by atoms with van der Waals surface area (Å²) < 4.78 is 16.8. The summed E-state index contributed by atoms with van der Waals surface area (Å²) >= 11 is 1.87. The van der Waals surface area contributed by atoms with Gasteiger partial charge in [-0.15, -0.1) is 0 Å². The van der Waals surface area contributed by atoms with E-state index < -0.39 is 0 Å². The number of aryl methyl sites for hydroxylation is 1. The number of methoxy groups -OCH3 is 1. The van der Waals surface area contributed by atoms with Crippen LogP contribution < -0.4 is 14.8 Å². The molecule has 0 bridgehead atoms. The molecule has 5 nitrogen and oxygen atoms in total. The molecule has 0 spiro atoms. The molecule has 0 unspecified atom stereocenters. The Bertz CT molecular complexity index is 793. The molecule has 164 valence electrons. The van der Waals surface area contributed by atoms with E-state index in [1.165, 1.54) is 11.1 Å². The quantitative estimate of drug-likeness (QED) is 0.279. The third-order valence-electron chi connectivity index (χ3n) is 4.93. The highest BCUT2D eigenvalue weighted by atomic mass is 127. The van der Waals surface area contributed by atoms with Crippen LogP contribution in [0.1, 0.15) is 53.2 Å². The molecule has 1 N–H and O–H groups in total. The number of carbonyl (C=O) groups is 1. The van der Waals surface area contributed by atoms with Gasteiger partial charge in [0.2, 0.25) is 0 Å². The number of carbonyl (C=O) groups excluding carboxylic acids is 1. The van der Waals surface area contributed by atoms with E-state index in [0.29, 0.717) is 43.2 Å². The first-order chi connectivity index (χ1) is 14.6. The van der Waals surface area contributed by atoms with Gasteiger partial charge in [0.1, 0.15) is 23.0 Å².